The zero-order valence-electron chi connectivity index (χ0n) is 6.30. The molecule has 5 heteroatoms. The van der Waals surface area contributed by atoms with E-state index >= 15 is 0 Å². The van der Waals surface area contributed by atoms with Gasteiger partial charge in [-0.3, -0.25) is 0 Å². The van der Waals surface area contributed by atoms with Gasteiger partial charge in [-0.25, -0.2) is 0 Å². The summed E-state index contributed by atoms with van der Waals surface area (Å²) in [5.74, 6) is 0. The molecule has 0 saturated carbocycles. The van der Waals surface area contributed by atoms with E-state index < -0.39 is 6.29 Å². The van der Waals surface area contributed by atoms with Gasteiger partial charge >= 0.3 is 0 Å². The number of rotatable bonds is 2. The molecule has 1 aliphatic heterocycles. The Bertz CT molecular complexity index is 117. The molecule has 0 bridgehead atoms. The first kappa shape index (κ1) is 9.28. The summed E-state index contributed by atoms with van der Waals surface area (Å²) in [5, 5.41) is 8.62. The lowest BCUT2D eigenvalue weighted by Crippen LogP contribution is -2.39. The van der Waals surface area contributed by atoms with Gasteiger partial charge in [-0.05, 0) is 0 Å². The molecule has 1 rings (SSSR count). The number of nitrogens with two attached hydrogens (primary N) is 1. The van der Waals surface area contributed by atoms with Gasteiger partial charge in [-0.1, -0.05) is 0 Å². The molecule has 1 aliphatic rings. The van der Waals surface area contributed by atoms with Crippen LogP contribution in [0.25, 0.3) is 0 Å². The van der Waals surface area contributed by atoms with E-state index in [-0.39, 0.29) is 24.0 Å². The third-order valence-electron chi connectivity index (χ3n) is 1.82. The summed E-state index contributed by atoms with van der Waals surface area (Å²) in [6.07, 6.45) is -0.743. The van der Waals surface area contributed by atoms with Gasteiger partial charge < -0.3 is 20.3 Å². The second-order valence-electron chi connectivity index (χ2n) is 2.53. The number of hydrogen-bond acceptors (Lipinski definition) is 5. The first-order valence-electron chi connectivity index (χ1n) is 3.43. The normalized spacial score (nSPS) is 44.7. The summed E-state index contributed by atoms with van der Waals surface area (Å²) < 4.78 is 10.1. The van der Waals surface area contributed by atoms with E-state index in [1.807, 2.05) is 0 Å². The van der Waals surface area contributed by atoms with Crippen molar-refractivity contribution in [3.8, 4) is 0 Å². The number of aliphatic hydroxyl groups is 1. The molecule has 0 aromatic rings. The standard InChI is InChI=1S/C6H13NO3S/c1-9-6-5(11)4(7)3(2-8)10-6/h3-6,8,11H,2,7H2,1H3/t3-,4-,5-,6+/m1/s1. The van der Waals surface area contributed by atoms with E-state index in [1.54, 1.807) is 0 Å². The predicted molar refractivity (Wildman–Crippen MR) is 43.5 cm³/mol. The molecule has 3 N–H and O–H groups in total. The Balaban J connectivity index is 2.53. The van der Waals surface area contributed by atoms with Crippen molar-refractivity contribution in [3.05, 3.63) is 0 Å². The SMILES string of the molecule is CO[C@H]1O[C@H](CO)[C@@H](N)[C@H]1S. The predicted octanol–water partition coefficient (Wildman–Crippen LogP) is -1.02. The zero-order valence-corrected chi connectivity index (χ0v) is 7.20. The summed E-state index contributed by atoms with van der Waals surface area (Å²) in [6.45, 7) is -0.0852. The Morgan fingerprint density at radius 2 is 2.36 bits per heavy atom. The molecule has 4 atom stereocenters. The summed E-state index contributed by atoms with van der Waals surface area (Å²) in [4.78, 5) is 0. The Hall–Kier alpha value is 0.190. The minimum Gasteiger partial charge on any atom is -0.394 e. The van der Waals surface area contributed by atoms with Gasteiger partial charge in [0.25, 0.3) is 0 Å². The van der Waals surface area contributed by atoms with Crippen LogP contribution in [-0.4, -0.2) is 42.5 Å². The van der Waals surface area contributed by atoms with E-state index in [2.05, 4.69) is 12.6 Å². The molecule has 0 amide bonds. The third-order valence-corrected chi connectivity index (χ3v) is 2.41. The quantitative estimate of drug-likeness (QED) is 0.475. The van der Waals surface area contributed by atoms with Crippen LogP contribution in [0.3, 0.4) is 0 Å². The zero-order chi connectivity index (χ0) is 8.43. The highest BCUT2D eigenvalue weighted by molar-refractivity contribution is 7.81. The lowest BCUT2D eigenvalue weighted by molar-refractivity contribution is -0.121. The lowest BCUT2D eigenvalue weighted by Gasteiger charge is -2.12. The highest BCUT2D eigenvalue weighted by Gasteiger charge is 2.40. The van der Waals surface area contributed by atoms with Gasteiger partial charge in [0.2, 0.25) is 0 Å². The molecule has 0 aromatic heterocycles. The molecule has 0 radical (unpaired) electrons. The second-order valence-corrected chi connectivity index (χ2v) is 3.13. The van der Waals surface area contributed by atoms with Crippen LogP contribution < -0.4 is 5.73 Å². The Kier molecular flexibility index (Phi) is 3.15. The van der Waals surface area contributed by atoms with Crippen molar-refractivity contribution >= 4 is 12.6 Å². The van der Waals surface area contributed by atoms with E-state index in [9.17, 15) is 0 Å². The van der Waals surface area contributed by atoms with Crippen LogP contribution in [0.15, 0.2) is 0 Å². The van der Waals surface area contributed by atoms with E-state index in [0.717, 1.165) is 0 Å². The number of methoxy groups -OCH3 is 1. The molecular formula is C6H13NO3S. The molecule has 0 aromatic carbocycles. The van der Waals surface area contributed by atoms with E-state index in [4.69, 9.17) is 20.3 Å². The fourth-order valence-corrected chi connectivity index (χ4v) is 1.49. The van der Waals surface area contributed by atoms with Crippen LogP contribution in [0.4, 0.5) is 0 Å². The maximum Gasteiger partial charge on any atom is 0.170 e. The van der Waals surface area contributed by atoms with Crippen LogP contribution in [0, 0.1) is 0 Å². The molecule has 66 valence electrons. The highest BCUT2D eigenvalue weighted by Crippen LogP contribution is 2.23. The smallest absolute Gasteiger partial charge is 0.170 e. The molecule has 1 saturated heterocycles. The van der Waals surface area contributed by atoms with E-state index in [1.165, 1.54) is 7.11 Å². The van der Waals surface area contributed by atoms with Crippen molar-refractivity contribution in [2.45, 2.75) is 23.7 Å². The van der Waals surface area contributed by atoms with Crippen LogP contribution >= 0.6 is 12.6 Å². The fourth-order valence-electron chi connectivity index (χ4n) is 1.10. The number of hydrogen-bond donors (Lipinski definition) is 3. The molecule has 0 spiro atoms. The number of thiol groups is 1. The lowest BCUT2D eigenvalue weighted by atomic mass is 10.1. The minimum atomic E-state index is -0.398. The highest BCUT2D eigenvalue weighted by atomic mass is 32.1. The summed E-state index contributed by atoms with van der Waals surface area (Å²) >= 11 is 4.19. The van der Waals surface area contributed by atoms with Crippen molar-refractivity contribution in [1.29, 1.82) is 0 Å². The maximum absolute atomic E-state index is 8.77. The van der Waals surface area contributed by atoms with Crippen molar-refractivity contribution in [2.24, 2.45) is 5.73 Å². The number of aliphatic hydroxyl groups excluding tert-OH is 1. The largest absolute Gasteiger partial charge is 0.394 e. The number of ether oxygens (including phenoxy) is 2. The Morgan fingerprint density at radius 3 is 2.64 bits per heavy atom. The third kappa shape index (κ3) is 1.68. The van der Waals surface area contributed by atoms with Gasteiger partial charge in [0, 0.05) is 13.2 Å². The summed E-state index contributed by atoms with van der Waals surface area (Å²) in [6, 6.07) is -0.256. The minimum absolute atomic E-state index is 0.0852. The summed E-state index contributed by atoms with van der Waals surface area (Å²) in [7, 11) is 1.53. The maximum atomic E-state index is 8.77. The van der Waals surface area contributed by atoms with Gasteiger partial charge in [0.1, 0.15) is 6.10 Å². The van der Waals surface area contributed by atoms with Crippen molar-refractivity contribution < 1.29 is 14.6 Å². The van der Waals surface area contributed by atoms with Crippen molar-refractivity contribution in [1.82, 2.24) is 0 Å². The second kappa shape index (κ2) is 3.73. The molecule has 1 heterocycles. The first-order chi connectivity index (χ1) is 5.20. The van der Waals surface area contributed by atoms with Crippen LogP contribution in [0.2, 0.25) is 0 Å². The average molecular weight is 179 g/mol. The topological polar surface area (TPSA) is 64.7 Å². The van der Waals surface area contributed by atoms with Gasteiger partial charge in [-0.2, -0.15) is 12.6 Å². The summed E-state index contributed by atoms with van der Waals surface area (Å²) in [5.41, 5.74) is 5.66. The van der Waals surface area contributed by atoms with Crippen LogP contribution in [0.5, 0.6) is 0 Å². The molecule has 0 aliphatic carbocycles. The Labute approximate surface area is 71.1 Å². The molecule has 11 heavy (non-hydrogen) atoms. The van der Waals surface area contributed by atoms with E-state index in [0.29, 0.717) is 0 Å². The monoisotopic (exact) mass is 179 g/mol. The van der Waals surface area contributed by atoms with Gasteiger partial charge in [0.15, 0.2) is 6.29 Å². The molecular weight excluding hydrogens is 166 g/mol. The van der Waals surface area contributed by atoms with Gasteiger partial charge in [-0.15, -0.1) is 0 Å². The molecule has 1 fully saturated rings. The first-order valence-corrected chi connectivity index (χ1v) is 3.95. The van der Waals surface area contributed by atoms with Crippen LogP contribution in [-0.2, 0) is 9.47 Å². The van der Waals surface area contributed by atoms with Crippen LogP contribution in [0.1, 0.15) is 0 Å². The molecule has 0 unspecified atom stereocenters. The average Bonchev–Trinajstić information content (AvgIpc) is 2.30. The van der Waals surface area contributed by atoms with Crippen molar-refractivity contribution in [3.63, 3.8) is 0 Å². The Morgan fingerprint density at radius 1 is 1.73 bits per heavy atom. The van der Waals surface area contributed by atoms with Gasteiger partial charge in [0.05, 0.1) is 11.9 Å². The molecule has 4 nitrogen and oxygen atoms in total. The van der Waals surface area contributed by atoms with Crippen molar-refractivity contribution in [2.75, 3.05) is 13.7 Å². The fraction of sp³-hybridized carbons (Fsp3) is 1.00.